The van der Waals surface area contributed by atoms with E-state index in [1.807, 2.05) is 33.8 Å². The number of aryl methyl sites for hydroxylation is 1. The predicted molar refractivity (Wildman–Crippen MR) is 110 cm³/mol. The van der Waals surface area contributed by atoms with Crippen LogP contribution in [0.15, 0.2) is 42.5 Å². The van der Waals surface area contributed by atoms with Crippen molar-refractivity contribution < 1.29 is 13.7 Å². The van der Waals surface area contributed by atoms with Crippen LogP contribution in [0.25, 0.3) is 0 Å². The highest BCUT2D eigenvalue weighted by molar-refractivity contribution is 6.62. The third kappa shape index (κ3) is 4.20. The van der Waals surface area contributed by atoms with Crippen LogP contribution in [-0.4, -0.2) is 24.9 Å². The first kappa shape index (κ1) is 19.9. The summed E-state index contributed by atoms with van der Waals surface area (Å²) >= 11 is 0. The molecule has 0 aliphatic carbocycles. The molecule has 0 amide bonds. The lowest BCUT2D eigenvalue weighted by atomic mass is 9.78. The van der Waals surface area contributed by atoms with Gasteiger partial charge in [-0.15, -0.1) is 0 Å². The summed E-state index contributed by atoms with van der Waals surface area (Å²) in [6.45, 7) is 13.7. The summed E-state index contributed by atoms with van der Waals surface area (Å²) in [6, 6.07) is 13.5. The quantitative estimate of drug-likeness (QED) is 0.727. The smallest absolute Gasteiger partial charge is 0.399 e. The predicted octanol–water partition coefficient (Wildman–Crippen LogP) is 4.46. The van der Waals surface area contributed by atoms with E-state index in [0.29, 0.717) is 6.54 Å². The van der Waals surface area contributed by atoms with Crippen LogP contribution in [0.4, 0.5) is 10.1 Å². The minimum absolute atomic E-state index is 0.266. The van der Waals surface area contributed by atoms with Crippen molar-refractivity contribution in [2.75, 3.05) is 11.4 Å². The molecule has 3 rings (SSSR count). The Bertz CT molecular complexity index is 806. The van der Waals surface area contributed by atoms with Crippen LogP contribution in [0, 0.1) is 12.7 Å². The minimum Gasteiger partial charge on any atom is -0.399 e. The summed E-state index contributed by atoms with van der Waals surface area (Å²) in [7, 11) is -0.557. The fourth-order valence-corrected chi connectivity index (χ4v) is 3.31. The van der Waals surface area contributed by atoms with Crippen LogP contribution in [0.2, 0.25) is 0 Å². The molecule has 144 valence electrons. The van der Waals surface area contributed by atoms with Gasteiger partial charge in [-0.3, -0.25) is 0 Å². The van der Waals surface area contributed by atoms with E-state index in [0.717, 1.165) is 23.3 Å². The van der Waals surface area contributed by atoms with E-state index in [9.17, 15) is 4.39 Å². The van der Waals surface area contributed by atoms with Gasteiger partial charge in [-0.2, -0.15) is 0 Å². The maximum atomic E-state index is 14.4. The second kappa shape index (κ2) is 7.29. The van der Waals surface area contributed by atoms with Gasteiger partial charge in [0.25, 0.3) is 0 Å². The Morgan fingerprint density at radius 1 is 1.00 bits per heavy atom. The molecular formula is C22H29BFNO2. The van der Waals surface area contributed by atoms with Crippen LogP contribution in [0.5, 0.6) is 0 Å². The van der Waals surface area contributed by atoms with Crippen molar-refractivity contribution in [3.63, 3.8) is 0 Å². The summed E-state index contributed by atoms with van der Waals surface area (Å²) < 4.78 is 26.5. The monoisotopic (exact) mass is 369 g/mol. The second-order valence-corrected chi connectivity index (χ2v) is 8.33. The number of hydrogen-bond donors (Lipinski definition) is 0. The van der Waals surface area contributed by atoms with E-state index in [-0.39, 0.29) is 5.82 Å². The van der Waals surface area contributed by atoms with Gasteiger partial charge in [0, 0.05) is 18.8 Å². The first-order valence-corrected chi connectivity index (χ1v) is 9.58. The van der Waals surface area contributed by atoms with E-state index < -0.39 is 18.3 Å². The SMILES string of the molecule is CCN(Cc1cc(F)cc(B2OC(C)(C)C(C)(C)O2)c1)c1cccc(C)c1. The first-order chi connectivity index (χ1) is 12.6. The fourth-order valence-electron chi connectivity index (χ4n) is 3.31. The van der Waals surface area contributed by atoms with Gasteiger partial charge in [-0.25, -0.2) is 4.39 Å². The Balaban J connectivity index is 1.85. The van der Waals surface area contributed by atoms with E-state index in [2.05, 4.69) is 43.0 Å². The fraction of sp³-hybridized carbons (Fsp3) is 0.455. The molecule has 0 saturated carbocycles. The Morgan fingerprint density at radius 2 is 1.67 bits per heavy atom. The van der Waals surface area contributed by atoms with Crippen molar-refractivity contribution in [2.24, 2.45) is 0 Å². The van der Waals surface area contributed by atoms with Crippen molar-refractivity contribution in [3.8, 4) is 0 Å². The summed E-state index contributed by atoms with van der Waals surface area (Å²) in [6.07, 6.45) is 0. The standard InChI is InChI=1S/C22H29BFNO2/c1-7-25(20-10-8-9-16(2)11-20)15-17-12-18(14-19(24)13-17)23-26-21(3,4)22(5,6)27-23/h8-14H,7,15H2,1-6H3. The summed E-state index contributed by atoms with van der Waals surface area (Å²) in [5, 5.41) is 0. The number of anilines is 1. The highest BCUT2D eigenvalue weighted by Gasteiger charge is 2.51. The van der Waals surface area contributed by atoms with Gasteiger partial charge in [0.05, 0.1) is 11.2 Å². The lowest BCUT2D eigenvalue weighted by molar-refractivity contribution is 0.00578. The van der Waals surface area contributed by atoms with E-state index >= 15 is 0 Å². The highest BCUT2D eigenvalue weighted by atomic mass is 19.1. The topological polar surface area (TPSA) is 21.7 Å². The molecule has 5 heteroatoms. The Kier molecular flexibility index (Phi) is 5.37. The number of halogens is 1. The average molecular weight is 369 g/mol. The molecule has 0 atom stereocenters. The van der Waals surface area contributed by atoms with Gasteiger partial charge in [-0.05, 0) is 82.4 Å². The molecule has 0 bridgehead atoms. The number of hydrogen-bond acceptors (Lipinski definition) is 3. The molecule has 3 nitrogen and oxygen atoms in total. The van der Waals surface area contributed by atoms with Crippen molar-refractivity contribution >= 4 is 18.3 Å². The lowest BCUT2D eigenvalue weighted by Crippen LogP contribution is -2.41. The minimum atomic E-state index is -0.557. The van der Waals surface area contributed by atoms with E-state index in [1.54, 1.807) is 6.07 Å². The van der Waals surface area contributed by atoms with Crippen LogP contribution in [0.1, 0.15) is 45.7 Å². The molecular weight excluding hydrogens is 340 g/mol. The maximum absolute atomic E-state index is 14.4. The molecule has 1 aliphatic rings. The van der Waals surface area contributed by atoms with Gasteiger partial charge >= 0.3 is 7.12 Å². The van der Waals surface area contributed by atoms with Gasteiger partial charge in [-0.1, -0.05) is 18.2 Å². The van der Waals surface area contributed by atoms with Crippen molar-refractivity contribution in [1.82, 2.24) is 0 Å². The maximum Gasteiger partial charge on any atom is 0.494 e. The molecule has 2 aromatic rings. The van der Waals surface area contributed by atoms with Crippen molar-refractivity contribution in [3.05, 3.63) is 59.4 Å². The molecule has 0 unspecified atom stereocenters. The number of nitrogens with zero attached hydrogens (tertiary/aromatic N) is 1. The largest absolute Gasteiger partial charge is 0.494 e. The normalized spacial score (nSPS) is 18.0. The van der Waals surface area contributed by atoms with Crippen LogP contribution < -0.4 is 10.4 Å². The van der Waals surface area contributed by atoms with Crippen molar-refractivity contribution in [2.45, 2.75) is 59.3 Å². The van der Waals surface area contributed by atoms with E-state index in [4.69, 9.17) is 9.31 Å². The van der Waals surface area contributed by atoms with Crippen LogP contribution >= 0.6 is 0 Å². The molecule has 0 N–H and O–H groups in total. The third-order valence-electron chi connectivity index (χ3n) is 5.63. The molecule has 0 aromatic heterocycles. The number of rotatable bonds is 5. The molecule has 1 saturated heterocycles. The molecule has 0 spiro atoms. The summed E-state index contributed by atoms with van der Waals surface area (Å²) in [4.78, 5) is 2.23. The summed E-state index contributed by atoms with van der Waals surface area (Å²) in [5.41, 5.74) is 3.09. The molecule has 1 heterocycles. The molecule has 1 aliphatic heterocycles. The molecule has 2 aromatic carbocycles. The Morgan fingerprint density at radius 3 is 2.26 bits per heavy atom. The lowest BCUT2D eigenvalue weighted by Gasteiger charge is -2.32. The zero-order valence-corrected chi connectivity index (χ0v) is 17.2. The molecule has 27 heavy (non-hydrogen) atoms. The zero-order valence-electron chi connectivity index (χ0n) is 17.2. The van der Waals surface area contributed by atoms with Crippen molar-refractivity contribution in [1.29, 1.82) is 0 Å². The van der Waals surface area contributed by atoms with E-state index in [1.165, 1.54) is 11.6 Å². The molecule has 0 radical (unpaired) electrons. The highest BCUT2D eigenvalue weighted by Crippen LogP contribution is 2.36. The number of benzene rings is 2. The third-order valence-corrected chi connectivity index (χ3v) is 5.63. The summed E-state index contributed by atoms with van der Waals surface area (Å²) in [5.74, 6) is -0.266. The first-order valence-electron chi connectivity index (χ1n) is 9.58. The van der Waals surface area contributed by atoms with Gasteiger partial charge in [0.2, 0.25) is 0 Å². The Labute approximate surface area is 162 Å². The average Bonchev–Trinajstić information content (AvgIpc) is 2.80. The van der Waals surface area contributed by atoms with Crippen LogP contribution in [-0.2, 0) is 15.9 Å². The van der Waals surface area contributed by atoms with Crippen LogP contribution in [0.3, 0.4) is 0 Å². The zero-order chi connectivity index (χ0) is 19.8. The second-order valence-electron chi connectivity index (χ2n) is 8.33. The Hall–Kier alpha value is -1.85. The molecule has 1 fully saturated rings. The van der Waals surface area contributed by atoms with Gasteiger partial charge in [0.15, 0.2) is 0 Å². The van der Waals surface area contributed by atoms with Gasteiger partial charge in [0.1, 0.15) is 5.82 Å². The van der Waals surface area contributed by atoms with Gasteiger partial charge < -0.3 is 14.2 Å².